The molecule has 0 saturated heterocycles. The quantitative estimate of drug-likeness (QED) is 0.604. The molecule has 1 saturated carbocycles. The number of rotatable bonds is 0. The summed E-state index contributed by atoms with van der Waals surface area (Å²) in [5.41, 5.74) is 1.63. The van der Waals surface area contributed by atoms with Crippen molar-refractivity contribution in [3.8, 4) is 6.01 Å². The van der Waals surface area contributed by atoms with E-state index in [9.17, 15) is 9.59 Å². The molecule has 1 fully saturated rings. The lowest BCUT2D eigenvalue weighted by Crippen LogP contribution is -2.17. The van der Waals surface area contributed by atoms with Gasteiger partial charge in [0.15, 0.2) is 0 Å². The maximum absolute atomic E-state index is 12.8. The number of hydrogen-bond acceptors (Lipinski definition) is 7. The Morgan fingerprint density at radius 1 is 1.20 bits per heavy atom. The number of aromatic amines is 1. The molecule has 0 spiro atoms. The van der Waals surface area contributed by atoms with Gasteiger partial charge in [-0.3, -0.25) is 9.78 Å². The Bertz CT molecular complexity index is 1210. The molecule has 158 valence electrons. The Labute approximate surface area is 172 Å². The second kappa shape index (κ2) is 7.41. The van der Waals surface area contributed by atoms with E-state index in [1.807, 2.05) is 6.92 Å². The monoisotopic (exact) mass is 411 g/mol. The normalized spacial score (nSPS) is 24.3. The minimum absolute atomic E-state index is 0.0131. The van der Waals surface area contributed by atoms with E-state index >= 15 is 0 Å². The van der Waals surface area contributed by atoms with E-state index in [1.165, 1.54) is 18.9 Å². The van der Waals surface area contributed by atoms with Gasteiger partial charge < -0.3 is 13.7 Å². The van der Waals surface area contributed by atoms with Gasteiger partial charge in [0.05, 0.1) is 11.3 Å². The van der Waals surface area contributed by atoms with E-state index in [1.54, 1.807) is 0 Å². The smallest absolute Gasteiger partial charge is 0.337 e. The first-order valence-corrected chi connectivity index (χ1v) is 10.6. The van der Waals surface area contributed by atoms with Gasteiger partial charge in [0, 0.05) is 6.07 Å². The lowest BCUT2D eigenvalue weighted by atomic mass is 9.86. The van der Waals surface area contributed by atoms with E-state index in [4.69, 9.17) is 13.7 Å². The Balaban J connectivity index is 1.60. The molecular weight excluding hydrogens is 386 g/mol. The van der Waals surface area contributed by atoms with Gasteiger partial charge in [-0.1, -0.05) is 12.1 Å². The Kier molecular flexibility index (Phi) is 4.72. The molecule has 6 rings (SSSR count). The molecule has 3 aromatic rings. The van der Waals surface area contributed by atoms with Gasteiger partial charge in [-0.05, 0) is 68.8 Å². The summed E-state index contributed by atoms with van der Waals surface area (Å²) in [7, 11) is 0. The Morgan fingerprint density at radius 2 is 2.07 bits per heavy atom. The molecule has 3 unspecified atom stereocenters. The molecular formula is C22H25N3O5. The average molecular weight is 411 g/mol. The lowest BCUT2D eigenvalue weighted by molar-refractivity contribution is 0.275. The summed E-state index contributed by atoms with van der Waals surface area (Å²) in [4.78, 5) is 31.8. The molecule has 6 bridgehead atoms. The van der Waals surface area contributed by atoms with Crippen molar-refractivity contribution in [2.75, 3.05) is 0 Å². The van der Waals surface area contributed by atoms with Crippen molar-refractivity contribution >= 4 is 11.1 Å². The van der Waals surface area contributed by atoms with Crippen LogP contribution >= 0.6 is 0 Å². The van der Waals surface area contributed by atoms with Gasteiger partial charge in [0.25, 0.3) is 11.6 Å². The van der Waals surface area contributed by atoms with Crippen LogP contribution in [-0.2, 0) is 19.4 Å². The van der Waals surface area contributed by atoms with E-state index in [2.05, 4.69) is 22.0 Å². The molecule has 30 heavy (non-hydrogen) atoms. The summed E-state index contributed by atoms with van der Waals surface area (Å²) >= 11 is 0. The van der Waals surface area contributed by atoms with Crippen LogP contribution in [0.3, 0.4) is 0 Å². The van der Waals surface area contributed by atoms with Gasteiger partial charge in [0.1, 0.15) is 17.8 Å². The molecule has 1 N–H and O–H groups in total. The highest BCUT2D eigenvalue weighted by Crippen LogP contribution is 2.39. The van der Waals surface area contributed by atoms with Crippen molar-refractivity contribution < 1.29 is 13.7 Å². The lowest BCUT2D eigenvalue weighted by Gasteiger charge is -2.20. The second-order valence-corrected chi connectivity index (χ2v) is 8.75. The molecule has 0 aromatic carbocycles. The van der Waals surface area contributed by atoms with Crippen LogP contribution < -0.4 is 15.9 Å². The summed E-state index contributed by atoms with van der Waals surface area (Å²) in [5.74, 6) is 2.41. The van der Waals surface area contributed by atoms with Crippen LogP contribution in [0.15, 0.2) is 24.6 Å². The van der Waals surface area contributed by atoms with Gasteiger partial charge in [-0.15, -0.1) is 0 Å². The second-order valence-electron chi connectivity index (χ2n) is 8.75. The summed E-state index contributed by atoms with van der Waals surface area (Å²) in [6.07, 6.45) is 5.95. The van der Waals surface area contributed by atoms with Crippen LogP contribution in [-0.4, -0.2) is 15.1 Å². The van der Waals surface area contributed by atoms with Crippen LogP contribution in [0.5, 0.6) is 6.01 Å². The largest absolute Gasteiger partial charge is 0.460 e. The highest BCUT2D eigenvalue weighted by Gasteiger charge is 2.30. The minimum Gasteiger partial charge on any atom is -0.460 e. The van der Waals surface area contributed by atoms with Crippen molar-refractivity contribution in [1.29, 1.82) is 0 Å². The molecule has 5 heterocycles. The van der Waals surface area contributed by atoms with Gasteiger partial charge in [0.2, 0.25) is 5.71 Å². The van der Waals surface area contributed by atoms with Crippen molar-refractivity contribution in [3.05, 3.63) is 49.4 Å². The van der Waals surface area contributed by atoms with Crippen molar-refractivity contribution in [1.82, 2.24) is 15.1 Å². The SMILES string of the molecule is Cc1onc2c1COc1nc3oc(=O)cc(c3c(=O)[nH]1)CCC(C)C1CCC(C2)C1. The van der Waals surface area contributed by atoms with E-state index in [0.29, 0.717) is 40.9 Å². The van der Waals surface area contributed by atoms with Crippen LogP contribution in [0.2, 0.25) is 0 Å². The first-order chi connectivity index (χ1) is 14.5. The minimum atomic E-state index is -0.506. The summed E-state index contributed by atoms with van der Waals surface area (Å²) in [6.45, 7) is 4.30. The van der Waals surface area contributed by atoms with Crippen molar-refractivity contribution in [2.24, 2.45) is 17.8 Å². The van der Waals surface area contributed by atoms with Crippen molar-refractivity contribution in [3.63, 3.8) is 0 Å². The molecule has 8 heteroatoms. The molecule has 0 radical (unpaired) electrons. The van der Waals surface area contributed by atoms with E-state index < -0.39 is 5.63 Å². The van der Waals surface area contributed by atoms with Gasteiger partial charge in [-0.2, -0.15) is 4.98 Å². The first kappa shape index (κ1) is 19.1. The molecule has 3 atom stereocenters. The predicted octanol–water partition coefficient (Wildman–Crippen LogP) is 3.29. The number of H-pyrrole nitrogens is 1. The number of nitrogens with zero attached hydrogens (tertiary/aromatic N) is 2. The standard InChI is InChI=1S/C22H25N3O5/c1-11-3-5-15-9-18(26)29-21-19(15)20(27)23-22(24-21)28-10-16-12(2)30-25-17(16)8-13-4-6-14(11)7-13/h9,11,13-14H,3-8,10H2,1-2H3,(H,23,24,27). The summed E-state index contributed by atoms with van der Waals surface area (Å²) in [5, 5.41) is 4.59. The molecule has 8 nitrogen and oxygen atoms in total. The third-order valence-electron chi connectivity index (χ3n) is 6.83. The molecule has 3 aliphatic rings. The van der Waals surface area contributed by atoms with Crippen LogP contribution in [0.1, 0.15) is 55.2 Å². The average Bonchev–Trinajstić information content (AvgIpc) is 3.30. The van der Waals surface area contributed by atoms with Crippen molar-refractivity contribution in [2.45, 2.75) is 59.0 Å². The van der Waals surface area contributed by atoms with Gasteiger partial charge >= 0.3 is 5.63 Å². The topological polar surface area (TPSA) is 111 Å². The van der Waals surface area contributed by atoms with Gasteiger partial charge in [-0.25, -0.2) is 4.79 Å². The number of ether oxygens (including phenoxy) is 1. The Hall–Kier alpha value is -2.90. The zero-order valence-electron chi connectivity index (χ0n) is 17.2. The maximum Gasteiger partial charge on any atom is 0.337 e. The zero-order chi connectivity index (χ0) is 20.8. The summed E-state index contributed by atoms with van der Waals surface area (Å²) < 4.78 is 16.4. The predicted molar refractivity (Wildman–Crippen MR) is 108 cm³/mol. The van der Waals surface area contributed by atoms with E-state index in [0.717, 1.165) is 30.5 Å². The van der Waals surface area contributed by atoms with Crippen LogP contribution in [0.25, 0.3) is 11.1 Å². The fourth-order valence-corrected chi connectivity index (χ4v) is 5.03. The summed E-state index contributed by atoms with van der Waals surface area (Å²) in [6, 6.07) is 1.43. The number of nitrogens with one attached hydrogen (secondary N) is 1. The number of hydrogen-bond donors (Lipinski definition) is 1. The maximum atomic E-state index is 12.8. The number of aromatic nitrogens is 3. The molecule has 0 amide bonds. The number of fused-ring (bicyclic) bond motifs is 4. The molecule has 2 aliphatic heterocycles. The Morgan fingerprint density at radius 3 is 2.93 bits per heavy atom. The highest BCUT2D eigenvalue weighted by molar-refractivity contribution is 5.75. The first-order valence-electron chi connectivity index (χ1n) is 10.6. The van der Waals surface area contributed by atoms with Crippen LogP contribution in [0.4, 0.5) is 0 Å². The fourth-order valence-electron chi connectivity index (χ4n) is 5.03. The third kappa shape index (κ3) is 3.44. The highest BCUT2D eigenvalue weighted by atomic mass is 16.5. The number of aryl methyl sites for hydroxylation is 2. The molecule has 3 aromatic heterocycles. The van der Waals surface area contributed by atoms with E-state index in [-0.39, 0.29) is 23.9 Å². The molecule has 1 aliphatic carbocycles. The fraction of sp³-hybridized carbons (Fsp3) is 0.545. The third-order valence-corrected chi connectivity index (χ3v) is 6.83. The van der Waals surface area contributed by atoms with Crippen LogP contribution in [0, 0.1) is 24.7 Å². The zero-order valence-corrected chi connectivity index (χ0v) is 17.2.